The number of aliphatic carboxylic acids is 1. The van der Waals surface area contributed by atoms with Crippen LogP contribution in [0.5, 0.6) is 0 Å². The molecule has 3 aliphatic heterocycles. The molecule has 45 heavy (non-hydrogen) atoms. The summed E-state index contributed by atoms with van der Waals surface area (Å²) in [5, 5.41) is 100.0. The molecule has 0 bridgehead atoms. The zero-order chi connectivity index (χ0) is 33.3. The molecule has 3 fully saturated rings. The molecule has 0 aromatic rings. The van der Waals surface area contributed by atoms with Gasteiger partial charge in [-0.25, -0.2) is 4.79 Å². The van der Waals surface area contributed by atoms with Crippen LogP contribution in [0.1, 0.15) is 14.4 Å². The molecule has 16 nitrogen and oxygen atoms in total. The molecule has 0 spiro atoms. The van der Waals surface area contributed by atoms with Gasteiger partial charge >= 0.3 is 70.8 Å². The Morgan fingerprint density at radius 2 is 1.11 bits per heavy atom. The molecular weight excluding hydrogens is 988 g/mol. The predicted octanol–water partition coefficient (Wildman–Crippen LogP) is -2.29. The Kier molecular flexibility index (Phi) is 21.7. The number of ether oxygens (including phenoxy) is 5. The first-order valence-electron chi connectivity index (χ1n) is 13.7. The van der Waals surface area contributed by atoms with Crippen molar-refractivity contribution in [3.63, 3.8) is 0 Å². The summed E-state index contributed by atoms with van der Waals surface area (Å²) in [5.74, 6) is -4.21. The Bertz CT molecular complexity index is 851. The number of carbonyl (C=O) groups is 1. The van der Waals surface area contributed by atoms with Crippen LogP contribution in [0.3, 0.4) is 0 Å². The van der Waals surface area contributed by atoms with Crippen LogP contribution in [0, 0.1) is 17.8 Å². The van der Waals surface area contributed by atoms with Crippen LogP contribution in [-0.2, 0) is 33.4 Å². The topological polar surface area (TPSA) is 266 Å². The van der Waals surface area contributed by atoms with Crippen LogP contribution < -0.4 is 0 Å². The van der Waals surface area contributed by atoms with Gasteiger partial charge in [0.25, 0.3) is 0 Å². The monoisotopic (exact) mass is 1030 g/mol. The van der Waals surface area contributed by atoms with E-state index < -0.39 is 117 Å². The van der Waals surface area contributed by atoms with Crippen molar-refractivity contribution in [2.24, 2.45) is 17.8 Å². The zero-order valence-electron chi connectivity index (χ0n) is 23.6. The number of carboxylic acid groups (broad SMARTS) is 1. The van der Waals surface area contributed by atoms with Crippen molar-refractivity contribution in [1.29, 1.82) is 0 Å². The van der Waals surface area contributed by atoms with Crippen molar-refractivity contribution >= 4 is 65.9 Å². The van der Waals surface area contributed by atoms with Gasteiger partial charge in [0.2, 0.25) is 0 Å². The van der Waals surface area contributed by atoms with Crippen LogP contribution in [0.15, 0.2) is 0 Å². The quantitative estimate of drug-likeness (QED) is 0.0923. The van der Waals surface area contributed by atoms with E-state index in [9.17, 15) is 55.9 Å². The van der Waals surface area contributed by atoms with Crippen molar-refractivity contribution in [1.82, 2.24) is 0 Å². The molecule has 0 aliphatic carbocycles. The van der Waals surface area contributed by atoms with Gasteiger partial charge in [0.1, 0.15) is 42.7 Å². The molecule has 10 N–H and O–H groups in total. The molecule has 268 valence electrons. The van der Waals surface area contributed by atoms with Gasteiger partial charge in [0.15, 0.2) is 6.10 Å². The van der Waals surface area contributed by atoms with E-state index in [1.54, 1.807) is 0 Å². The standard InChI is InChI=1S/C24H42O16.CH4.3HI.V/c1-9-17(28)22(33)21(32)15(38-9)7-37-6-12-11(13(3-26)39-14(4-27)18(12)29)5-36-8-16-20(31)19(30)10(2-25)23(40-16)24(34)35;;;;;/h9-23,25-33H,2-8H2,1H3,(H,34,35);1H4;3*1H;/q;;;;;+3/p-3/t9?,10-,11+,12?,13?,14?,15-,16?,17+,18-,19?,20+,21?,22?,23?;;;;;/m0...../s1. The van der Waals surface area contributed by atoms with Crippen LogP contribution in [0.2, 0.25) is 0 Å². The first kappa shape index (κ1) is 44.7. The third-order valence-corrected chi connectivity index (χ3v) is 8.03. The number of halogens is 3. The van der Waals surface area contributed by atoms with Crippen molar-refractivity contribution in [2.75, 3.05) is 46.2 Å². The summed E-state index contributed by atoms with van der Waals surface area (Å²) in [6, 6.07) is 0. The molecule has 0 saturated carbocycles. The van der Waals surface area contributed by atoms with Crippen LogP contribution >= 0.6 is 59.9 Å². The first-order chi connectivity index (χ1) is 20.7. The summed E-state index contributed by atoms with van der Waals surface area (Å²) in [7, 11) is 0. The number of aliphatic hydroxyl groups is 9. The van der Waals surface area contributed by atoms with E-state index in [0.717, 1.165) is 0 Å². The second kappa shape index (κ2) is 21.8. The first-order valence-corrected chi connectivity index (χ1v) is 27.2. The molecule has 0 amide bonds. The van der Waals surface area contributed by atoms with Crippen molar-refractivity contribution < 1.29 is 84.5 Å². The molecule has 20 heteroatoms. The van der Waals surface area contributed by atoms with Crippen LogP contribution in [-0.4, -0.2) is 177 Å². The molecular formula is C25H46I3O16V. The summed E-state index contributed by atoms with van der Waals surface area (Å²) in [5.41, 5.74) is 0. The fraction of sp³-hybridized carbons (Fsp3) is 0.960. The van der Waals surface area contributed by atoms with Gasteiger partial charge in [0.05, 0.1) is 70.7 Å². The van der Waals surface area contributed by atoms with Gasteiger partial charge in [-0.3, -0.25) is 0 Å². The Morgan fingerprint density at radius 1 is 0.622 bits per heavy atom. The van der Waals surface area contributed by atoms with Gasteiger partial charge in [-0.2, -0.15) is 0 Å². The van der Waals surface area contributed by atoms with Gasteiger partial charge in [0, 0.05) is 17.8 Å². The van der Waals surface area contributed by atoms with Crippen molar-refractivity contribution in [3.05, 3.63) is 0 Å². The predicted molar refractivity (Wildman–Crippen MR) is 177 cm³/mol. The Labute approximate surface area is 299 Å². The van der Waals surface area contributed by atoms with Gasteiger partial charge in [-0.1, -0.05) is 7.43 Å². The summed E-state index contributed by atoms with van der Waals surface area (Å²) < 4.78 is 27.8. The average molecular weight is 1030 g/mol. The zero-order valence-corrected chi connectivity index (χ0v) is 31.5. The number of aliphatic hydroxyl groups excluding tert-OH is 9. The van der Waals surface area contributed by atoms with E-state index in [-0.39, 0.29) is 38.8 Å². The normalized spacial score (nSPS) is 42.0. The second-order valence-electron chi connectivity index (χ2n) is 10.8. The van der Waals surface area contributed by atoms with E-state index in [1.165, 1.54) is 6.92 Å². The number of hydrogen-bond donors (Lipinski definition) is 10. The maximum atomic E-state index is 11.5. The molecule has 15 atom stereocenters. The molecule has 3 aliphatic rings. The van der Waals surface area contributed by atoms with Crippen LogP contribution in [0.25, 0.3) is 0 Å². The van der Waals surface area contributed by atoms with E-state index in [1.807, 2.05) is 0 Å². The number of rotatable bonds is 12. The van der Waals surface area contributed by atoms with Gasteiger partial charge in [-0.15, -0.1) is 0 Å². The number of carboxylic acids is 1. The van der Waals surface area contributed by atoms with E-state index in [2.05, 4.69) is 59.9 Å². The van der Waals surface area contributed by atoms with Gasteiger partial charge < -0.3 is 74.7 Å². The Balaban J connectivity index is 0.00000191. The minimum atomic E-state index is -1.59. The van der Waals surface area contributed by atoms with E-state index in [0.29, 0.717) is 0 Å². The van der Waals surface area contributed by atoms with E-state index >= 15 is 0 Å². The summed E-state index contributed by atoms with van der Waals surface area (Å²) in [6.07, 6.45) is -15.2. The molecule has 9 unspecified atom stereocenters. The molecule has 3 saturated heterocycles. The Morgan fingerprint density at radius 3 is 1.60 bits per heavy atom. The van der Waals surface area contributed by atoms with Crippen molar-refractivity contribution in [3.8, 4) is 0 Å². The molecule has 0 radical (unpaired) electrons. The van der Waals surface area contributed by atoms with Crippen LogP contribution in [0.4, 0.5) is 0 Å². The van der Waals surface area contributed by atoms with Crippen molar-refractivity contribution in [2.45, 2.75) is 87.6 Å². The fourth-order valence-electron chi connectivity index (χ4n) is 5.51. The molecule has 0 aromatic heterocycles. The summed E-state index contributed by atoms with van der Waals surface area (Å²) >= 11 is 7.39. The Hall–Kier alpha value is 1.68. The molecule has 3 rings (SSSR count). The summed E-state index contributed by atoms with van der Waals surface area (Å²) in [4.78, 5) is 11.2. The summed E-state index contributed by atoms with van der Waals surface area (Å²) in [6.45, 7) is -1.27. The maximum absolute atomic E-state index is 11.5. The number of hydrogen-bond acceptors (Lipinski definition) is 15. The fourth-order valence-corrected chi connectivity index (χ4v) is 5.51. The third kappa shape index (κ3) is 12.4. The second-order valence-corrected chi connectivity index (χ2v) is 46.1. The van der Waals surface area contributed by atoms with E-state index in [4.69, 9.17) is 23.7 Å². The third-order valence-electron chi connectivity index (χ3n) is 8.03. The van der Waals surface area contributed by atoms with Gasteiger partial charge in [-0.05, 0) is 6.92 Å². The average Bonchev–Trinajstić information content (AvgIpc) is 2.97. The minimum absolute atomic E-state index is 0. The molecule has 3 heterocycles. The molecule has 0 aromatic carbocycles. The SMILES string of the molecule is C.CC1O[C@@H](COCC2[C@H](O)C(CO)OC(CO)[C@@H]2COCC2OC(C(=O)O)[C@@H](CO)C(O)[C@@H]2O)C(O)C(O)[C@@H]1O.[I][V]([I])[I].